The summed E-state index contributed by atoms with van der Waals surface area (Å²) >= 11 is 1.70. The van der Waals surface area contributed by atoms with Gasteiger partial charge in [-0.3, -0.25) is 14.6 Å². The van der Waals surface area contributed by atoms with Crippen LogP contribution < -0.4 is 0 Å². The summed E-state index contributed by atoms with van der Waals surface area (Å²) in [6, 6.07) is 4.22. The normalized spacial score (nSPS) is 22.3. The van der Waals surface area contributed by atoms with Crippen molar-refractivity contribution in [2.75, 3.05) is 19.6 Å². The standard InChI is InChI=1S/C19H22N4O2S/c24-18(6-5-16-2-1-9-26-16)23-12-14-3-4-15(23)13-22(11-14)19(25)17-10-20-7-8-21-17/h1-2,7-10,14-15H,3-6,11-13H2/t14-,15+/m0/s1. The van der Waals surface area contributed by atoms with Gasteiger partial charge in [-0.05, 0) is 36.6 Å². The number of nitrogens with zero attached hydrogens (tertiary/aromatic N) is 4. The average molecular weight is 370 g/mol. The topological polar surface area (TPSA) is 66.4 Å². The van der Waals surface area contributed by atoms with Crippen LogP contribution in [0.1, 0.15) is 34.6 Å². The van der Waals surface area contributed by atoms with E-state index in [1.165, 1.54) is 11.1 Å². The highest BCUT2D eigenvalue weighted by molar-refractivity contribution is 7.09. The fourth-order valence-electron chi connectivity index (χ4n) is 3.95. The molecule has 26 heavy (non-hydrogen) atoms. The van der Waals surface area contributed by atoms with Crippen LogP contribution in [0.4, 0.5) is 0 Å². The number of hydrogen-bond donors (Lipinski definition) is 0. The first-order valence-electron chi connectivity index (χ1n) is 9.08. The number of piperidine rings is 1. The first-order valence-corrected chi connectivity index (χ1v) is 9.96. The predicted octanol–water partition coefficient (Wildman–Crippen LogP) is 2.23. The monoisotopic (exact) mass is 370 g/mol. The largest absolute Gasteiger partial charge is 0.338 e. The van der Waals surface area contributed by atoms with Gasteiger partial charge in [-0.25, -0.2) is 4.98 Å². The van der Waals surface area contributed by atoms with Crippen LogP contribution in [-0.4, -0.2) is 57.3 Å². The fourth-order valence-corrected chi connectivity index (χ4v) is 4.66. The van der Waals surface area contributed by atoms with Crippen molar-refractivity contribution in [3.05, 3.63) is 46.7 Å². The highest BCUT2D eigenvalue weighted by Gasteiger charge is 2.38. The maximum atomic E-state index is 12.8. The molecule has 0 spiro atoms. The molecule has 0 saturated carbocycles. The molecule has 3 aliphatic rings. The maximum Gasteiger partial charge on any atom is 0.274 e. The molecule has 3 aliphatic heterocycles. The minimum atomic E-state index is -0.0807. The van der Waals surface area contributed by atoms with E-state index >= 15 is 0 Å². The minimum absolute atomic E-state index is 0.0807. The number of hydrogen-bond acceptors (Lipinski definition) is 5. The first kappa shape index (κ1) is 17.1. The van der Waals surface area contributed by atoms with Gasteiger partial charge in [0.2, 0.25) is 5.91 Å². The third kappa shape index (κ3) is 3.62. The van der Waals surface area contributed by atoms with E-state index in [-0.39, 0.29) is 17.9 Å². The quantitative estimate of drug-likeness (QED) is 0.828. The van der Waals surface area contributed by atoms with Crippen molar-refractivity contribution >= 4 is 23.2 Å². The Labute approximate surface area is 156 Å². The molecule has 0 aromatic carbocycles. The molecule has 0 unspecified atom stereocenters. The Morgan fingerprint density at radius 1 is 1.19 bits per heavy atom. The molecule has 2 aromatic rings. The fraction of sp³-hybridized carbons (Fsp3) is 0.474. The number of aryl methyl sites for hydroxylation is 1. The molecule has 2 amide bonds. The Hall–Kier alpha value is -2.28. The van der Waals surface area contributed by atoms with Crippen molar-refractivity contribution in [3.8, 4) is 0 Å². The van der Waals surface area contributed by atoms with Gasteiger partial charge in [-0.1, -0.05) is 6.07 Å². The SMILES string of the molecule is O=C(c1cnccn1)N1C[C@@H]2CC[C@H](C1)N(C(=O)CCc1cccs1)C2. The van der Waals surface area contributed by atoms with Crippen LogP contribution in [0.15, 0.2) is 36.1 Å². The van der Waals surface area contributed by atoms with Crippen molar-refractivity contribution in [3.63, 3.8) is 0 Å². The number of aromatic nitrogens is 2. The Kier molecular flexibility index (Phi) is 4.97. The van der Waals surface area contributed by atoms with Crippen LogP contribution in [0.25, 0.3) is 0 Å². The van der Waals surface area contributed by atoms with Crippen LogP contribution >= 0.6 is 11.3 Å². The van der Waals surface area contributed by atoms with Gasteiger partial charge in [0.05, 0.1) is 6.20 Å². The zero-order chi connectivity index (χ0) is 17.9. The third-order valence-corrected chi connectivity index (χ3v) is 6.20. The Balaban J connectivity index is 1.43. The summed E-state index contributed by atoms with van der Waals surface area (Å²) in [4.78, 5) is 38.8. The van der Waals surface area contributed by atoms with Crippen LogP contribution in [0, 0.1) is 5.92 Å². The van der Waals surface area contributed by atoms with E-state index in [9.17, 15) is 9.59 Å². The molecule has 0 N–H and O–H groups in total. The molecule has 3 fully saturated rings. The summed E-state index contributed by atoms with van der Waals surface area (Å²) in [6.07, 6.45) is 8.01. The second-order valence-electron chi connectivity index (χ2n) is 7.02. The van der Waals surface area contributed by atoms with Gasteiger partial charge in [-0.15, -0.1) is 11.3 Å². The zero-order valence-corrected chi connectivity index (χ0v) is 15.4. The summed E-state index contributed by atoms with van der Waals surface area (Å²) in [6.45, 7) is 2.05. The van der Waals surface area contributed by atoms with Gasteiger partial charge >= 0.3 is 0 Å². The molecule has 5 heterocycles. The number of thiophene rings is 1. The molecular weight excluding hydrogens is 348 g/mol. The van der Waals surface area contributed by atoms with Crippen molar-refractivity contribution < 1.29 is 9.59 Å². The van der Waals surface area contributed by atoms with E-state index in [4.69, 9.17) is 0 Å². The smallest absolute Gasteiger partial charge is 0.274 e. The Morgan fingerprint density at radius 3 is 2.88 bits per heavy atom. The minimum Gasteiger partial charge on any atom is -0.338 e. The molecule has 7 heteroatoms. The van der Waals surface area contributed by atoms with E-state index in [0.29, 0.717) is 31.1 Å². The third-order valence-electron chi connectivity index (χ3n) is 5.27. The van der Waals surface area contributed by atoms with Gasteiger partial charge in [0.1, 0.15) is 5.69 Å². The summed E-state index contributed by atoms with van der Waals surface area (Å²) < 4.78 is 0. The number of fused-ring (bicyclic) bond motifs is 4. The molecule has 2 bridgehead atoms. The van der Waals surface area contributed by atoms with Crippen molar-refractivity contribution in [1.82, 2.24) is 19.8 Å². The van der Waals surface area contributed by atoms with Crippen LogP contribution in [0.5, 0.6) is 0 Å². The molecule has 0 radical (unpaired) electrons. The lowest BCUT2D eigenvalue weighted by Crippen LogP contribution is -2.47. The Morgan fingerprint density at radius 2 is 2.12 bits per heavy atom. The van der Waals surface area contributed by atoms with Crippen LogP contribution in [0.2, 0.25) is 0 Å². The highest BCUT2D eigenvalue weighted by atomic mass is 32.1. The summed E-state index contributed by atoms with van der Waals surface area (Å²) in [5, 5.41) is 2.05. The van der Waals surface area contributed by atoms with Crippen LogP contribution in [0.3, 0.4) is 0 Å². The van der Waals surface area contributed by atoms with Gasteiger partial charge in [0.15, 0.2) is 0 Å². The van der Waals surface area contributed by atoms with E-state index in [1.54, 1.807) is 23.7 Å². The second-order valence-corrected chi connectivity index (χ2v) is 8.06. The number of amides is 2. The van der Waals surface area contributed by atoms with Gasteiger partial charge < -0.3 is 9.80 Å². The summed E-state index contributed by atoms with van der Waals surface area (Å²) in [7, 11) is 0. The number of carbonyl (C=O) groups is 2. The maximum absolute atomic E-state index is 12.8. The lowest BCUT2D eigenvalue weighted by molar-refractivity contribution is -0.135. The van der Waals surface area contributed by atoms with Gasteiger partial charge in [0, 0.05) is 49.4 Å². The first-order chi connectivity index (χ1) is 12.7. The molecule has 0 aliphatic carbocycles. The van der Waals surface area contributed by atoms with E-state index in [1.807, 2.05) is 21.2 Å². The highest BCUT2D eigenvalue weighted by Crippen LogP contribution is 2.29. The van der Waals surface area contributed by atoms with Gasteiger partial charge in [-0.2, -0.15) is 0 Å². The molecule has 3 saturated heterocycles. The predicted molar refractivity (Wildman–Crippen MR) is 98.8 cm³/mol. The second kappa shape index (κ2) is 7.53. The van der Waals surface area contributed by atoms with E-state index in [0.717, 1.165) is 25.8 Å². The number of rotatable bonds is 4. The lowest BCUT2D eigenvalue weighted by Gasteiger charge is -2.36. The molecule has 2 aromatic heterocycles. The molecule has 136 valence electrons. The van der Waals surface area contributed by atoms with Crippen molar-refractivity contribution in [2.24, 2.45) is 5.92 Å². The van der Waals surface area contributed by atoms with E-state index in [2.05, 4.69) is 16.0 Å². The lowest BCUT2D eigenvalue weighted by atomic mass is 9.94. The molecule has 6 nitrogen and oxygen atoms in total. The summed E-state index contributed by atoms with van der Waals surface area (Å²) in [5.74, 6) is 0.477. The van der Waals surface area contributed by atoms with Gasteiger partial charge in [0.25, 0.3) is 5.91 Å². The summed E-state index contributed by atoms with van der Waals surface area (Å²) in [5.41, 5.74) is 0.379. The average Bonchev–Trinajstić information content (AvgIpc) is 3.04. The van der Waals surface area contributed by atoms with E-state index < -0.39 is 0 Å². The van der Waals surface area contributed by atoms with Crippen LogP contribution in [-0.2, 0) is 11.2 Å². The van der Waals surface area contributed by atoms with Crippen molar-refractivity contribution in [1.29, 1.82) is 0 Å². The molecule has 2 atom stereocenters. The molecular formula is C19H22N4O2S. The zero-order valence-electron chi connectivity index (χ0n) is 14.6. The Bertz CT molecular complexity index is 765. The molecule has 5 rings (SSSR count). The van der Waals surface area contributed by atoms with Crippen molar-refractivity contribution in [2.45, 2.75) is 31.7 Å². The number of carbonyl (C=O) groups excluding carboxylic acids is 2.